The number of carbonyl (C=O) groups is 2. The van der Waals surface area contributed by atoms with Crippen molar-refractivity contribution in [2.24, 2.45) is 0 Å². The fourth-order valence-electron chi connectivity index (χ4n) is 2.00. The van der Waals surface area contributed by atoms with Gasteiger partial charge in [0.1, 0.15) is 11.6 Å². The van der Waals surface area contributed by atoms with Crippen LogP contribution < -0.4 is 14.8 Å². The van der Waals surface area contributed by atoms with Gasteiger partial charge in [-0.3, -0.25) is 4.79 Å². The average Bonchev–Trinajstić information content (AvgIpc) is 2.58. The van der Waals surface area contributed by atoms with E-state index in [0.29, 0.717) is 0 Å². The lowest BCUT2D eigenvalue weighted by atomic mass is 10.2. The molecule has 0 heterocycles. The van der Waals surface area contributed by atoms with Gasteiger partial charge in [0.15, 0.2) is 18.1 Å². The summed E-state index contributed by atoms with van der Waals surface area (Å²) in [4.78, 5) is 22.6. The molecular weight excluding hydrogens is 365 g/mol. The van der Waals surface area contributed by atoms with E-state index in [9.17, 15) is 14.0 Å². The maximum atomic E-state index is 13.9. The normalized spacial score (nSPS) is 10.2. The largest absolute Gasteiger partial charge is 0.478 e. The van der Waals surface area contributed by atoms with E-state index < -0.39 is 17.7 Å². The number of anilines is 1. The van der Waals surface area contributed by atoms with Crippen molar-refractivity contribution >= 4 is 29.2 Å². The summed E-state index contributed by atoms with van der Waals surface area (Å²) in [6.45, 7) is 2.91. The number of ether oxygens (including phenoxy) is 3. The zero-order valence-corrected chi connectivity index (χ0v) is 14.9. The lowest BCUT2D eigenvalue weighted by Gasteiger charge is -2.14. The van der Waals surface area contributed by atoms with Crippen LogP contribution in [0.5, 0.6) is 17.2 Å². The summed E-state index contributed by atoms with van der Waals surface area (Å²) in [7, 11) is 0. The Hall–Kier alpha value is -2.80. The highest BCUT2D eigenvalue weighted by Crippen LogP contribution is 2.37. The van der Waals surface area contributed by atoms with Gasteiger partial charge in [0, 0.05) is 13.0 Å². The molecule has 1 N–H and O–H groups in total. The van der Waals surface area contributed by atoms with Crippen LogP contribution in [0.4, 0.5) is 10.1 Å². The molecule has 0 aromatic heterocycles. The zero-order valence-electron chi connectivity index (χ0n) is 14.2. The number of amides is 1. The van der Waals surface area contributed by atoms with Crippen LogP contribution in [0.2, 0.25) is 5.02 Å². The lowest BCUT2D eigenvalue weighted by molar-refractivity contribution is -0.145. The fraction of sp³-hybridized carbons (Fsp3) is 0.222. The summed E-state index contributed by atoms with van der Waals surface area (Å²) in [5.74, 6) is -0.986. The Morgan fingerprint density at radius 1 is 1.15 bits per heavy atom. The van der Waals surface area contributed by atoms with Crippen molar-refractivity contribution in [1.82, 2.24) is 0 Å². The Kier molecular flexibility index (Phi) is 6.80. The van der Waals surface area contributed by atoms with Gasteiger partial charge < -0.3 is 19.5 Å². The number of esters is 1. The first kappa shape index (κ1) is 19.5. The number of hydrogen-bond donors (Lipinski definition) is 1. The van der Waals surface area contributed by atoms with Gasteiger partial charge in [-0.25, -0.2) is 9.18 Å². The second kappa shape index (κ2) is 9.05. The predicted molar refractivity (Wildman–Crippen MR) is 94.4 cm³/mol. The minimum Gasteiger partial charge on any atom is -0.478 e. The third-order valence-corrected chi connectivity index (χ3v) is 3.35. The first-order valence-electron chi connectivity index (χ1n) is 7.72. The number of benzene rings is 2. The highest BCUT2D eigenvalue weighted by Gasteiger charge is 2.14. The van der Waals surface area contributed by atoms with Gasteiger partial charge in [-0.1, -0.05) is 23.7 Å². The topological polar surface area (TPSA) is 73.9 Å². The van der Waals surface area contributed by atoms with Crippen molar-refractivity contribution in [3.05, 3.63) is 47.2 Å². The van der Waals surface area contributed by atoms with Gasteiger partial charge in [0.25, 0.3) is 0 Å². The Labute approximate surface area is 154 Å². The summed E-state index contributed by atoms with van der Waals surface area (Å²) in [6, 6.07) is 8.88. The van der Waals surface area contributed by atoms with Crippen molar-refractivity contribution < 1.29 is 28.2 Å². The first-order valence-corrected chi connectivity index (χ1v) is 8.10. The molecule has 0 aliphatic carbocycles. The Morgan fingerprint density at radius 2 is 1.85 bits per heavy atom. The van der Waals surface area contributed by atoms with Crippen molar-refractivity contribution in [3.63, 3.8) is 0 Å². The summed E-state index contributed by atoms with van der Waals surface area (Å²) in [5.41, 5.74) is -0.0678. The van der Waals surface area contributed by atoms with Crippen molar-refractivity contribution in [2.75, 3.05) is 18.5 Å². The SMILES string of the molecule is CCOC(=O)COc1ccccc1Oc1cc(NC(C)=O)c(F)cc1Cl. The molecule has 138 valence electrons. The highest BCUT2D eigenvalue weighted by atomic mass is 35.5. The van der Waals surface area contributed by atoms with Crippen LogP contribution in [0.15, 0.2) is 36.4 Å². The molecule has 0 saturated carbocycles. The third-order valence-electron chi connectivity index (χ3n) is 3.05. The van der Waals surface area contributed by atoms with Gasteiger partial charge in [-0.05, 0) is 25.1 Å². The number of para-hydroxylation sites is 2. The molecule has 0 atom stereocenters. The average molecular weight is 382 g/mol. The quantitative estimate of drug-likeness (QED) is 0.728. The van der Waals surface area contributed by atoms with E-state index in [1.807, 2.05) is 0 Å². The number of rotatable bonds is 7. The number of halogens is 2. The molecule has 8 heteroatoms. The molecule has 0 unspecified atom stereocenters. The van der Waals surface area contributed by atoms with E-state index >= 15 is 0 Å². The molecule has 26 heavy (non-hydrogen) atoms. The Balaban J connectivity index is 2.23. The van der Waals surface area contributed by atoms with Crippen LogP contribution in [-0.4, -0.2) is 25.1 Å². The second-order valence-corrected chi connectivity index (χ2v) is 5.49. The predicted octanol–water partition coefficient (Wildman–Crippen LogP) is 4.17. The number of carbonyl (C=O) groups excluding carboxylic acids is 2. The minimum absolute atomic E-state index is 0.0109. The molecule has 0 saturated heterocycles. The van der Waals surface area contributed by atoms with E-state index in [1.165, 1.54) is 13.0 Å². The van der Waals surface area contributed by atoms with Crippen molar-refractivity contribution in [1.29, 1.82) is 0 Å². The smallest absolute Gasteiger partial charge is 0.344 e. The minimum atomic E-state index is -0.690. The molecule has 2 aromatic rings. The van der Waals surface area contributed by atoms with Gasteiger partial charge in [0.05, 0.1) is 17.3 Å². The molecule has 0 radical (unpaired) electrons. The Morgan fingerprint density at radius 3 is 2.50 bits per heavy atom. The maximum absolute atomic E-state index is 13.9. The van der Waals surface area contributed by atoms with Gasteiger partial charge >= 0.3 is 5.97 Å². The van der Waals surface area contributed by atoms with E-state index in [2.05, 4.69) is 5.32 Å². The van der Waals surface area contributed by atoms with Crippen LogP contribution in [0, 0.1) is 5.82 Å². The van der Waals surface area contributed by atoms with Gasteiger partial charge in [-0.15, -0.1) is 0 Å². The van der Waals surface area contributed by atoms with E-state index in [0.717, 1.165) is 6.07 Å². The first-order chi connectivity index (χ1) is 12.4. The Bertz CT molecular complexity index is 812. The molecule has 6 nitrogen and oxygen atoms in total. The molecule has 2 rings (SSSR count). The molecule has 0 aliphatic heterocycles. The molecule has 0 aliphatic rings. The summed E-state index contributed by atoms with van der Waals surface area (Å²) < 4.78 is 29.7. The van der Waals surface area contributed by atoms with Crippen molar-refractivity contribution in [3.8, 4) is 17.2 Å². The summed E-state index contributed by atoms with van der Waals surface area (Å²) in [6.07, 6.45) is 0. The maximum Gasteiger partial charge on any atom is 0.344 e. The molecule has 1 amide bonds. The van der Waals surface area contributed by atoms with Crippen LogP contribution in [0.25, 0.3) is 0 Å². The van der Waals surface area contributed by atoms with Crippen LogP contribution in [0.3, 0.4) is 0 Å². The number of nitrogens with one attached hydrogen (secondary N) is 1. The third kappa shape index (κ3) is 5.35. The van der Waals surface area contributed by atoms with E-state index in [-0.39, 0.29) is 41.2 Å². The van der Waals surface area contributed by atoms with Crippen LogP contribution in [-0.2, 0) is 14.3 Å². The van der Waals surface area contributed by atoms with Crippen LogP contribution >= 0.6 is 11.6 Å². The molecule has 0 fully saturated rings. The second-order valence-electron chi connectivity index (χ2n) is 5.09. The summed E-state index contributed by atoms with van der Waals surface area (Å²) >= 11 is 6.02. The zero-order chi connectivity index (χ0) is 19.1. The number of hydrogen-bond acceptors (Lipinski definition) is 5. The highest BCUT2D eigenvalue weighted by molar-refractivity contribution is 6.32. The summed E-state index contributed by atoms with van der Waals surface area (Å²) in [5, 5.41) is 2.36. The van der Waals surface area contributed by atoms with E-state index in [1.54, 1.807) is 31.2 Å². The van der Waals surface area contributed by atoms with Gasteiger partial charge in [-0.2, -0.15) is 0 Å². The van der Waals surface area contributed by atoms with Gasteiger partial charge in [0.2, 0.25) is 5.91 Å². The van der Waals surface area contributed by atoms with Crippen LogP contribution in [0.1, 0.15) is 13.8 Å². The molecule has 0 bridgehead atoms. The molecule has 0 spiro atoms. The molecule has 2 aromatic carbocycles. The standard InChI is InChI=1S/C18H17ClFNO5/c1-3-24-18(23)10-25-15-6-4-5-7-16(15)26-17-9-14(21-11(2)22)13(20)8-12(17)19/h4-9H,3,10H2,1-2H3,(H,21,22). The van der Waals surface area contributed by atoms with Crippen molar-refractivity contribution in [2.45, 2.75) is 13.8 Å². The molecular formula is C18H17ClFNO5. The lowest BCUT2D eigenvalue weighted by Crippen LogP contribution is -2.14. The van der Waals surface area contributed by atoms with E-state index in [4.69, 9.17) is 25.8 Å². The monoisotopic (exact) mass is 381 g/mol. The fourth-order valence-corrected chi connectivity index (χ4v) is 2.19.